The van der Waals surface area contributed by atoms with Gasteiger partial charge in [-0.05, 0) is 52.3 Å². The Kier molecular flexibility index (Phi) is 10.4. The second-order valence-corrected chi connectivity index (χ2v) is 20.2. The monoisotopic (exact) mass is 643 g/mol. The lowest BCUT2D eigenvalue weighted by Crippen LogP contribution is -2.40. The molecule has 1 saturated heterocycles. The lowest BCUT2D eigenvalue weighted by Gasteiger charge is -2.32. The van der Waals surface area contributed by atoms with Crippen LogP contribution in [0.25, 0.3) is 22.5 Å². The van der Waals surface area contributed by atoms with Gasteiger partial charge in [0, 0.05) is 64.0 Å². The summed E-state index contributed by atoms with van der Waals surface area (Å²) in [6, 6.07) is 12.5. The third-order valence-corrected chi connectivity index (χ3v) is 9.09. The van der Waals surface area contributed by atoms with Gasteiger partial charge in [-0.1, -0.05) is 43.9 Å². The van der Waals surface area contributed by atoms with Crippen LogP contribution in [0.3, 0.4) is 0 Å². The SMILES string of the molecule is CC(C)(C)OC(=O)C(C)(C)COc1ccc(-c2ccc(-c3nc(N4CCC(F)(F)CC4)n(COCC[Si](C)(C)C)n3)cc2)cn1. The molecule has 3 aromatic rings. The van der Waals surface area contributed by atoms with Gasteiger partial charge < -0.3 is 19.1 Å². The van der Waals surface area contributed by atoms with Crippen molar-refractivity contribution in [2.75, 3.05) is 31.2 Å². The number of piperidine rings is 1. The molecular weight excluding hydrogens is 596 g/mol. The molecule has 1 aromatic carbocycles. The first-order chi connectivity index (χ1) is 20.9. The Labute approximate surface area is 266 Å². The Hall–Kier alpha value is -3.38. The maximum absolute atomic E-state index is 13.9. The van der Waals surface area contributed by atoms with Crippen molar-refractivity contribution >= 4 is 20.0 Å². The molecule has 0 unspecified atom stereocenters. The normalized spacial score (nSPS) is 15.6. The molecule has 0 aliphatic carbocycles. The van der Waals surface area contributed by atoms with Gasteiger partial charge in [-0.15, -0.1) is 5.10 Å². The number of aromatic nitrogens is 4. The summed E-state index contributed by atoms with van der Waals surface area (Å²) < 4.78 is 46.7. The van der Waals surface area contributed by atoms with Crippen molar-refractivity contribution in [1.29, 1.82) is 0 Å². The fourth-order valence-corrected chi connectivity index (χ4v) is 5.27. The number of hydrogen-bond donors (Lipinski definition) is 0. The molecule has 12 heteroatoms. The van der Waals surface area contributed by atoms with Crippen molar-refractivity contribution in [3.63, 3.8) is 0 Å². The lowest BCUT2D eigenvalue weighted by atomic mass is 9.94. The minimum atomic E-state index is -2.65. The van der Waals surface area contributed by atoms with E-state index >= 15 is 0 Å². The van der Waals surface area contributed by atoms with Crippen LogP contribution in [0.2, 0.25) is 25.7 Å². The molecule has 2 aromatic heterocycles. The van der Waals surface area contributed by atoms with Gasteiger partial charge in [-0.2, -0.15) is 4.98 Å². The van der Waals surface area contributed by atoms with E-state index in [-0.39, 0.29) is 45.2 Å². The highest BCUT2D eigenvalue weighted by Crippen LogP contribution is 2.32. The number of carbonyl (C=O) groups is 1. The highest BCUT2D eigenvalue weighted by atomic mass is 28.3. The van der Waals surface area contributed by atoms with Crippen LogP contribution in [0.4, 0.5) is 14.7 Å². The summed E-state index contributed by atoms with van der Waals surface area (Å²) in [4.78, 5) is 23.6. The lowest BCUT2D eigenvalue weighted by molar-refractivity contribution is -0.167. The number of esters is 1. The zero-order valence-electron chi connectivity index (χ0n) is 27.8. The molecule has 0 amide bonds. The molecule has 3 heterocycles. The molecule has 0 atom stereocenters. The molecule has 1 fully saturated rings. The summed E-state index contributed by atoms with van der Waals surface area (Å²) in [6.45, 7) is 17.3. The Morgan fingerprint density at radius 2 is 1.58 bits per heavy atom. The predicted molar refractivity (Wildman–Crippen MR) is 174 cm³/mol. The third-order valence-electron chi connectivity index (χ3n) is 7.39. The zero-order chi connectivity index (χ0) is 33.0. The van der Waals surface area contributed by atoms with Crippen molar-refractivity contribution < 1.29 is 27.8 Å². The summed E-state index contributed by atoms with van der Waals surface area (Å²) in [7, 11) is -1.26. The number of nitrogens with zero attached hydrogens (tertiary/aromatic N) is 5. The van der Waals surface area contributed by atoms with E-state index in [0.29, 0.717) is 24.3 Å². The van der Waals surface area contributed by atoms with E-state index in [9.17, 15) is 13.6 Å². The fraction of sp³-hybridized carbons (Fsp3) is 0.576. The maximum Gasteiger partial charge on any atom is 0.315 e. The van der Waals surface area contributed by atoms with Crippen molar-refractivity contribution in [2.45, 2.75) is 91.4 Å². The summed E-state index contributed by atoms with van der Waals surface area (Å²) in [5.41, 5.74) is 1.24. The number of ether oxygens (including phenoxy) is 3. The summed E-state index contributed by atoms with van der Waals surface area (Å²) in [5, 5.41) is 4.71. The first-order valence-electron chi connectivity index (χ1n) is 15.5. The molecule has 1 aliphatic rings. The van der Waals surface area contributed by atoms with E-state index < -0.39 is 25.0 Å². The second-order valence-electron chi connectivity index (χ2n) is 14.6. The van der Waals surface area contributed by atoms with E-state index in [0.717, 1.165) is 22.7 Å². The van der Waals surface area contributed by atoms with Crippen molar-refractivity contribution in [3.05, 3.63) is 42.6 Å². The first-order valence-corrected chi connectivity index (χ1v) is 19.2. The number of hydrogen-bond acceptors (Lipinski definition) is 8. The van der Waals surface area contributed by atoms with Crippen LogP contribution in [0, 0.1) is 5.41 Å². The van der Waals surface area contributed by atoms with Crippen molar-refractivity contribution in [2.24, 2.45) is 5.41 Å². The van der Waals surface area contributed by atoms with Crippen molar-refractivity contribution in [3.8, 4) is 28.4 Å². The minimum absolute atomic E-state index is 0.133. The molecule has 1 aliphatic heterocycles. The number of carbonyl (C=O) groups excluding carboxylic acids is 1. The molecular formula is C33H47F2N5O4Si. The van der Waals surface area contributed by atoms with Gasteiger partial charge in [-0.25, -0.2) is 18.4 Å². The molecule has 0 spiro atoms. The van der Waals surface area contributed by atoms with E-state index in [1.165, 1.54) is 0 Å². The van der Waals surface area contributed by atoms with E-state index in [1.807, 2.05) is 56.0 Å². The Bertz CT molecular complexity index is 1420. The van der Waals surface area contributed by atoms with Crippen LogP contribution in [0.15, 0.2) is 42.6 Å². The van der Waals surface area contributed by atoms with Gasteiger partial charge in [0.15, 0.2) is 5.82 Å². The predicted octanol–water partition coefficient (Wildman–Crippen LogP) is 7.30. The van der Waals surface area contributed by atoms with Crippen LogP contribution in [0.5, 0.6) is 5.88 Å². The molecule has 0 bridgehead atoms. The molecule has 4 rings (SSSR count). The van der Waals surface area contributed by atoms with Crippen LogP contribution in [-0.4, -0.2) is 71.6 Å². The summed E-state index contributed by atoms with van der Waals surface area (Å²) in [6.07, 6.45) is 1.30. The first kappa shape index (κ1) is 34.5. The quantitative estimate of drug-likeness (QED) is 0.115. The summed E-state index contributed by atoms with van der Waals surface area (Å²) in [5.74, 6) is -1.50. The second kappa shape index (κ2) is 13.5. The number of rotatable bonds is 12. The number of pyridine rings is 1. The molecule has 9 nitrogen and oxygen atoms in total. The van der Waals surface area contributed by atoms with Gasteiger partial charge in [0.2, 0.25) is 11.8 Å². The average molecular weight is 644 g/mol. The van der Waals surface area contributed by atoms with Gasteiger partial charge in [0.05, 0.1) is 5.41 Å². The van der Waals surface area contributed by atoms with Crippen LogP contribution >= 0.6 is 0 Å². The molecule has 0 radical (unpaired) electrons. The number of anilines is 1. The molecule has 45 heavy (non-hydrogen) atoms. The average Bonchev–Trinajstić information content (AvgIpc) is 3.37. The van der Waals surface area contributed by atoms with E-state index in [1.54, 1.807) is 30.8 Å². The highest BCUT2D eigenvalue weighted by Gasteiger charge is 2.36. The molecule has 0 saturated carbocycles. The van der Waals surface area contributed by atoms with Crippen LogP contribution in [0.1, 0.15) is 47.5 Å². The molecule has 0 N–H and O–H groups in total. The van der Waals surface area contributed by atoms with Crippen molar-refractivity contribution in [1.82, 2.24) is 19.7 Å². The Balaban J connectivity index is 1.44. The van der Waals surface area contributed by atoms with Gasteiger partial charge in [0.1, 0.15) is 18.9 Å². The highest BCUT2D eigenvalue weighted by molar-refractivity contribution is 6.76. The summed E-state index contributed by atoms with van der Waals surface area (Å²) >= 11 is 0. The number of halogens is 2. The standard InChI is InChI=1S/C33H47F2N5O4Si/c1-31(2,3)44-29(41)32(4,5)22-43-27-14-13-26(21-36-27)24-9-11-25(12-10-24)28-37-30(39-17-15-33(34,35)16-18-39)40(38-28)23-42-19-20-45(6,7)8/h9-14,21H,15-20,22-23H2,1-8H3. The smallest absolute Gasteiger partial charge is 0.315 e. The Morgan fingerprint density at radius 3 is 2.16 bits per heavy atom. The van der Waals surface area contributed by atoms with Gasteiger partial charge >= 0.3 is 5.97 Å². The minimum Gasteiger partial charge on any atom is -0.476 e. The third kappa shape index (κ3) is 10.1. The largest absolute Gasteiger partial charge is 0.476 e. The topological polar surface area (TPSA) is 91.6 Å². The number of alkyl halides is 2. The van der Waals surface area contributed by atoms with E-state index in [2.05, 4.69) is 24.6 Å². The fourth-order valence-electron chi connectivity index (χ4n) is 4.52. The Morgan fingerprint density at radius 1 is 0.956 bits per heavy atom. The van der Waals surface area contributed by atoms with E-state index in [4.69, 9.17) is 24.3 Å². The molecule has 246 valence electrons. The van der Waals surface area contributed by atoms with Crippen LogP contribution in [-0.2, 0) is 21.0 Å². The van der Waals surface area contributed by atoms with Gasteiger partial charge in [0.25, 0.3) is 5.92 Å². The number of benzene rings is 1. The maximum atomic E-state index is 13.9. The van der Waals surface area contributed by atoms with Crippen LogP contribution < -0.4 is 9.64 Å². The zero-order valence-corrected chi connectivity index (χ0v) is 28.8. The van der Waals surface area contributed by atoms with Gasteiger partial charge in [-0.3, -0.25) is 4.79 Å².